The Kier molecular flexibility index (Phi) is 3.03. The number of hydrogen-bond acceptors (Lipinski definition) is 5. The molecule has 2 fully saturated rings. The van der Waals surface area contributed by atoms with Crippen molar-refractivity contribution in [3.8, 4) is 0 Å². The molecule has 5 nitrogen and oxygen atoms in total. The van der Waals surface area contributed by atoms with Crippen molar-refractivity contribution in [3.63, 3.8) is 0 Å². The molecular weight excluding hydrogens is 216 g/mol. The van der Waals surface area contributed by atoms with Crippen molar-refractivity contribution in [2.24, 2.45) is 10.7 Å². The summed E-state index contributed by atoms with van der Waals surface area (Å²) < 4.78 is 5.40. The topological polar surface area (TPSA) is 54.1 Å². The summed E-state index contributed by atoms with van der Waals surface area (Å²) in [7, 11) is 0. The normalized spacial score (nSPS) is 33.4. The molecule has 0 aromatic carbocycles. The average Bonchev–Trinajstić information content (AvgIpc) is 3.00. The molecule has 2 N–H and O–H groups in total. The van der Waals surface area contributed by atoms with E-state index in [0.717, 1.165) is 51.6 Å². The van der Waals surface area contributed by atoms with Gasteiger partial charge in [0.25, 0.3) is 0 Å². The van der Waals surface area contributed by atoms with Gasteiger partial charge in [0.2, 0.25) is 0 Å². The third kappa shape index (κ3) is 2.30. The van der Waals surface area contributed by atoms with Crippen LogP contribution in [0.3, 0.4) is 0 Å². The maximum Gasteiger partial charge on any atom is 0.127 e. The molecule has 5 heteroatoms. The monoisotopic (exact) mass is 236 g/mol. The Morgan fingerprint density at radius 3 is 2.94 bits per heavy atom. The quantitative estimate of drug-likeness (QED) is 0.696. The first-order valence-corrected chi connectivity index (χ1v) is 6.39. The van der Waals surface area contributed by atoms with Crippen LogP contribution in [0.5, 0.6) is 0 Å². The van der Waals surface area contributed by atoms with Crippen LogP contribution in [0.25, 0.3) is 0 Å². The van der Waals surface area contributed by atoms with E-state index in [1.165, 1.54) is 0 Å². The fraction of sp³-hybridized carbons (Fsp3) is 0.750. The lowest BCUT2D eigenvalue weighted by molar-refractivity contribution is 0.168. The number of aliphatic imine (C=N–C) groups is 1. The molecule has 0 unspecified atom stereocenters. The minimum atomic E-state index is 0.312. The molecule has 0 amide bonds. The molecule has 3 aliphatic heterocycles. The molecule has 0 radical (unpaired) electrons. The number of nitrogens with two attached hydrogens (primary N) is 1. The summed E-state index contributed by atoms with van der Waals surface area (Å²) in [5.41, 5.74) is 5.91. The molecule has 0 aromatic heterocycles. The highest BCUT2D eigenvalue weighted by Crippen LogP contribution is 2.17. The summed E-state index contributed by atoms with van der Waals surface area (Å²) in [6, 6.07) is 0.824. The molecule has 94 valence electrons. The van der Waals surface area contributed by atoms with Gasteiger partial charge in [0.15, 0.2) is 0 Å². The van der Waals surface area contributed by atoms with Crippen LogP contribution in [-0.4, -0.2) is 60.7 Å². The molecule has 3 aliphatic rings. The summed E-state index contributed by atoms with van der Waals surface area (Å²) in [4.78, 5) is 9.19. The Morgan fingerprint density at radius 1 is 1.41 bits per heavy atom. The Hall–Kier alpha value is -1.07. The Bertz CT molecular complexity index is 335. The highest BCUT2D eigenvalue weighted by molar-refractivity contribution is 5.93. The number of likely N-dealkylation sites (tertiary alicyclic amines) is 1. The van der Waals surface area contributed by atoms with Gasteiger partial charge < -0.3 is 20.3 Å². The van der Waals surface area contributed by atoms with Crippen molar-refractivity contribution in [3.05, 3.63) is 12.3 Å². The van der Waals surface area contributed by atoms with Gasteiger partial charge in [-0.1, -0.05) is 0 Å². The number of amidine groups is 1. The number of nitrogens with zero attached hydrogens (tertiary/aromatic N) is 3. The average molecular weight is 236 g/mol. The standard InChI is InChI=1S/C12H20N4O/c13-10-1-4-15(7-10)12-2-5-16(9-14-12)11-3-6-17-8-11/h2,5,10-11H,1,3-4,6-9,13H2/t10-,11-/m1/s1. The van der Waals surface area contributed by atoms with Crippen LogP contribution in [0.1, 0.15) is 12.8 Å². The van der Waals surface area contributed by atoms with Crippen LogP contribution >= 0.6 is 0 Å². The van der Waals surface area contributed by atoms with Crippen LogP contribution < -0.4 is 5.73 Å². The summed E-state index contributed by atoms with van der Waals surface area (Å²) in [5.74, 6) is 1.09. The predicted octanol–water partition coefficient (Wildman–Crippen LogP) is -0.00640. The molecule has 0 spiro atoms. The van der Waals surface area contributed by atoms with E-state index >= 15 is 0 Å². The Labute approximate surface area is 102 Å². The minimum absolute atomic E-state index is 0.312. The van der Waals surface area contributed by atoms with Gasteiger partial charge >= 0.3 is 0 Å². The summed E-state index contributed by atoms with van der Waals surface area (Å²) in [5, 5.41) is 0. The Balaban J connectivity index is 1.58. The van der Waals surface area contributed by atoms with Gasteiger partial charge in [-0.25, -0.2) is 4.99 Å². The Morgan fingerprint density at radius 2 is 2.35 bits per heavy atom. The first-order valence-electron chi connectivity index (χ1n) is 6.39. The zero-order valence-corrected chi connectivity index (χ0v) is 10.1. The second-order valence-electron chi connectivity index (χ2n) is 5.00. The van der Waals surface area contributed by atoms with E-state index in [1.807, 2.05) is 0 Å². The molecular formula is C12H20N4O. The van der Waals surface area contributed by atoms with E-state index in [1.54, 1.807) is 0 Å². The van der Waals surface area contributed by atoms with Gasteiger partial charge in [0.1, 0.15) is 12.5 Å². The predicted molar refractivity (Wildman–Crippen MR) is 66.7 cm³/mol. The smallest absolute Gasteiger partial charge is 0.127 e. The first-order chi connectivity index (χ1) is 8.33. The lowest BCUT2D eigenvalue weighted by Crippen LogP contribution is -2.37. The maximum atomic E-state index is 5.91. The summed E-state index contributed by atoms with van der Waals surface area (Å²) in [6.45, 7) is 4.45. The van der Waals surface area contributed by atoms with Crippen LogP contribution in [0.15, 0.2) is 17.3 Å². The van der Waals surface area contributed by atoms with Gasteiger partial charge in [0.05, 0.1) is 12.6 Å². The largest absolute Gasteiger partial charge is 0.379 e. The van der Waals surface area contributed by atoms with Gasteiger partial charge in [-0.15, -0.1) is 0 Å². The van der Waals surface area contributed by atoms with E-state index < -0.39 is 0 Å². The molecule has 3 rings (SSSR count). The fourth-order valence-corrected chi connectivity index (χ4v) is 2.64. The third-order valence-electron chi connectivity index (χ3n) is 3.73. The third-order valence-corrected chi connectivity index (χ3v) is 3.73. The molecule has 3 heterocycles. The molecule has 17 heavy (non-hydrogen) atoms. The van der Waals surface area contributed by atoms with Crippen LogP contribution in [0.2, 0.25) is 0 Å². The van der Waals surface area contributed by atoms with Gasteiger partial charge in [0, 0.05) is 31.9 Å². The number of rotatable bonds is 1. The van der Waals surface area contributed by atoms with Crippen LogP contribution in [-0.2, 0) is 4.74 Å². The summed E-state index contributed by atoms with van der Waals surface area (Å²) in [6.07, 6.45) is 6.46. The summed E-state index contributed by atoms with van der Waals surface area (Å²) >= 11 is 0. The van der Waals surface area contributed by atoms with Crippen LogP contribution in [0.4, 0.5) is 0 Å². The van der Waals surface area contributed by atoms with Crippen molar-refractivity contribution in [2.45, 2.75) is 24.9 Å². The zero-order chi connectivity index (χ0) is 11.7. The highest BCUT2D eigenvalue weighted by Gasteiger charge is 2.25. The maximum absolute atomic E-state index is 5.91. The van der Waals surface area contributed by atoms with Crippen molar-refractivity contribution in [1.82, 2.24) is 9.80 Å². The van der Waals surface area contributed by atoms with Crippen molar-refractivity contribution >= 4 is 5.84 Å². The van der Waals surface area contributed by atoms with Gasteiger partial charge in [-0.3, -0.25) is 0 Å². The van der Waals surface area contributed by atoms with Crippen molar-refractivity contribution in [1.29, 1.82) is 0 Å². The van der Waals surface area contributed by atoms with Gasteiger partial charge in [-0.2, -0.15) is 0 Å². The molecule has 2 saturated heterocycles. The SMILES string of the molecule is N[C@@H]1CCN(C2=NCN([C@@H]3CCOC3)C=C2)C1. The molecule has 0 aromatic rings. The second kappa shape index (κ2) is 4.66. The van der Waals surface area contributed by atoms with E-state index in [0.29, 0.717) is 12.1 Å². The van der Waals surface area contributed by atoms with Crippen molar-refractivity contribution < 1.29 is 4.74 Å². The molecule has 2 atom stereocenters. The molecule has 0 saturated carbocycles. The minimum Gasteiger partial charge on any atom is -0.379 e. The van der Waals surface area contributed by atoms with E-state index in [-0.39, 0.29) is 0 Å². The molecule has 0 aliphatic carbocycles. The molecule has 0 bridgehead atoms. The first kappa shape index (κ1) is 11.0. The zero-order valence-electron chi connectivity index (χ0n) is 10.1. The van der Waals surface area contributed by atoms with Gasteiger partial charge in [-0.05, 0) is 18.9 Å². The van der Waals surface area contributed by atoms with E-state index in [9.17, 15) is 0 Å². The lowest BCUT2D eigenvalue weighted by atomic mass is 10.2. The highest BCUT2D eigenvalue weighted by atomic mass is 16.5. The van der Waals surface area contributed by atoms with E-state index in [2.05, 4.69) is 27.1 Å². The van der Waals surface area contributed by atoms with Crippen molar-refractivity contribution in [2.75, 3.05) is 33.0 Å². The second-order valence-corrected chi connectivity index (χ2v) is 5.00. The number of hydrogen-bond donors (Lipinski definition) is 1. The van der Waals surface area contributed by atoms with Crippen LogP contribution in [0, 0.1) is 0 Å². The number of ether oxygens (including phenoxy) is 1. The lowest BCUT2D eigenvalue weighted by Gasteiger charge is -2.29. The fourth-order valence-electron chi connectivity index (χ4n) is 2.64. The van der Waals surface area contributed by atoms with E-state index in [4.69, 9.17) is 10.5 Å².